The molecule has 0 aliphatic carbocycles. The average molecular weight is 192 g/mol. The van der Waals surface area contributed by atoms with Crippen molar-refractivity contribution >= 4 is 0 Å². The summed E-state index contributed by atoms with van der Waals surface area (Å²) in [6.45, 7) is 1.15. The Hall–Kier alpha value is -1.09. The first kappa shape index (κ1) is 9.46. The van der Waals surface area contributed by atoms with Gasteiger partial charge in [0.1, 0.15) is 0 Å². The van der Waals surface area contributed by atoms with Crippen LogP contribution >= 0.6 is 0 Å². The van der Waals surface area contributed by atoms with Crippen LogP contribution in [0.25, 0.3) is 0 Å². The number of nitrogens with one attached hydrogen (secondary N) is 1. The van der Waals surface area contributed by atoms with Gasteiger partial charge in [-0.3, -0.25) is 0 Å². The van der Waals surface area contributed by atoms with E-state index in [1.54, 1.807) is 7.11 Å². The quantitative estimate of drug-likeness (QED) is 0.785. The van der Waals surface area contributed by atoms with Crippen LogP contribution in [-0.4, -0.2) is 24.7 Å². The molecule has 2 heterocycles. The van der Waals surface area contributed by atoms with Gasteiger partial charge >= 0.3 is 0 Å². The molecule has 0 bridgehead atoms. The minimum Gasteiger partial charge on any atom is -0.481 e. The normalized spacial score (nSPS) is 21.1. The van der Waals surface area contributed by atoms with Crippen LogP contribution in [0.4, 0.5) is 0 Å². The summed E-state index contributed by atoms with van der Waals surface area (Å²) in [6.07, 6.45) is 3.56. The van der Waals surface area contributed by atoms with E-state index in [0.29, 0.717) is 11.9 Å². The molecule has 0 spiro atoms. The summed E-state index contributed by atoms with van der Waals surface area (Å²) < 4.78 is 5.09. The predicted octanol–water partition coefficient (Wildman–Crippen LogP) is 1.38. The molecular formula is C11H16N2O. The van der Waals surface area contributed by atoms with Gasteiger partial charge in [0.25, 0.3) is 0 Å². The van der Waals surface area contributed by atoms with E-state index in [4.69, 9.17) is 4.74 Å². The summed E-state index contributed by atoms with van der Waals surface area (Å²) in [4.78, 5) is 4.39. The molecule has 1 N–H and O–H groups in total. The van der Waals surface area contributed by atoms with E-state index in [2.05, 4.69) is 16.4 Å². The maximum Gasteiger partial charge on any atom is 0.213 e. The van der Waals surface area contributed by atoms with E-state index in [-0.39, 0.29) is 0 Å². The van der Waals surface area contributed by atoms with E-state index in [0.717, 1.165) is 18.7 Å². The highest BCUT2D eigenvalue weighted by atomic mass is 16.5. The minimum atomic E-state index is 0.606. The highest BCUT2D eigenvalue weighted by Crippen LogP contribution is 2.13. The van der Waals surface area contributed by atoms with Gasteiger partial charge in [0.15, 0.2) is 0 Å². The van der Waals surface area contributed by atoms with Gasteiger partial charge in [0.2, 0.25) is 5.88 Å². The van der Waals surface area contributed by atoms with Crippen LogP contribution in [0.2, 0.25) is 0 Å². The van der Waals surface area contributed by atoms with E-state index < -0.39 is 0 Å². The van der Waals surface area contributed by atoms with Crippen molar-refractivity contribution < 1.29 is 4.74 Å². The molecule has 1 aliphatic rings. The molecule has 76 valence electrons. The molecule has 0 saturated carbocycles. The molecule has 1 aromatic rings. The summed E-state index contributed by atoms with van der Waals surface area (Å²) in [5.74, 6) is 0.709. The minimum absolute atomic E-state index is 0.606. The third-order valence-electron chi connectivity index (χ3n) is 2.61. The summed E-state index contributed by atoms with van der Waals surface area (Å²) in [5, 5.41) is 3.46. The van der Waals surface area contributed by atoms with Crippen LogP contribution in [0, 0.1) is 0 Å². The van der Waals surface area contributed by atoms with Crippen LogP contribution < -0.4 is 10.1 Å². The fourth-order valence-electron chi connectivity index (χ4n) is 1.87. The summed E-state index contributed by atoms with van der Waals surface area (Å²) in [7, 11) is 1.65. The lowest BCUT2D eigenvalue weighted by Gasteiger charge is -2.09. The van der Waals surface area contributed by atoms with Gasteiger partial charge in [0, 0.05) is 24.2 Å². The molecule has 2 rings (SSSR count). The lowest BCUT2D eigenvalue weighted by molar-refractivity contribution is 0.395. The lowest BCUT2D eigenvalue weighted by atomic mass is 10.1. The van der Waals surface area contributed by atoms with Gasteiger partial charge in [-0.2, -0.15) is 0 Å². The second-order valence-corrected chi connectivity index (χ2v) is 3.67. The smallest absolute Gasteiger partial charge is 0.213 e. The molecule has 1 aliphatic heterocycles. The molecule has 3 heteroatoms. The van der Waals surface area contributed by atoms with Gasteiger partial charge < -0.3 is 10.1 Å². The van der Waals surface area contributed by atoms with Crippen molar-refractivity contribution in [3.05, 3.63) is 23.9 Å². The second-order valence-electron chi connectivity index (χ2n) is 3.67. The molecule has 0 radical (unpaired) electrons. The summed E-state index contributed by atoms with van der Waals surface area (Å²) in [5.41, 5.74) is 1.11. The Kier molecular flexibility index (Phi) is 2.99. The van der Waals surface area contributed by atoms with Crippen molar-refractivity contribution in [1.29, 1.82) is 0 Å². The number of pyridine rings is 1. The third-order valence-corrected chi connectivity index (χ3v) is 2.61. The molecule has 14 heavy (non-hydrogen) atoms. The zero-order valence-electron chi connectivity index (χ0n) is 8.49. The maximum absolute atomic E-state index is 5.09. The molecule has 0 amide bonds. The largest absolute Gasteiger partial charge is 0.481 e. The molecule has 1 saturated heterocycles. The first-order chi connectivity index (χ1) is 6.88. The Labute approximate surface area is 84.5 Å². The van der Waals surface area contributed by atoms with Crippen molar-refractivity contribution in [3.63, 3.8) is 0 Å². The summed E-state index contributed by atoms with van der Waals surface area (Å²) >= 11 is 0. The van der Waals surface area contributed by atoms with Gasteiger partial charge in [-0.05, 0) is 25.5 Å². The molecule has 3 nitrogen and oxygen atoms in total. The van der Waals surface area contributed by atoms with Crippen molar-refractivity contribution in [2.45, 2.75) is 25.3 Å². The topological polar surface area (TPSA) is 34.1 Å². The Morgan fingerprint density at radius 3 is 3.21 bits per heavy atom. The molecule has 1 atom stereocenters. The Bertz CT molecular complexity index is 295. The lowest BCUT2D eigenvalue weighted by Crippen LogP contribution is -2.24. The van der Waals surface area contributed by atoms with Crippen molar-refractivity contribution in [3.8, 4) is 5.88 Å². The van der Waals surface area contributed by atoms with Gasteiger partial charge in [-0.1, -0.05) is 6.07 Å². The zero-order valence-corrected chi connectivity index (χ0v) is 8.49. The fraction of sp³-hybridized carbons (Fsp3) is 0.545. The van der Waals surface area contributed by atoms with Crippen LogP contribution in [-0.2, 0) is 6.42 Å². The number of hydrogen-bond donors (Lipinski definition) is 1. The molecular weight excluding hydrogens is 176 g/mol. The van der Waals surface area contributed by atoms with Crippen molar-refractivity contribution in [2.75, 3.05) is 13.7 Å². The molecule has 1 unspecified atom stereocenters. The van der Waals surface area contributed by atoms with Crippen LogP contribution in [0.1, 0.15) is 18.5 Å². The Morgan fingerprint density at radius 1 is 1.57 bits per heavy atom. The number of nitrogens with zero attached hydrogens (tertiary/aromatic N) is 1. The predicted molar refractivity (Wildman–Crippen MR) is 55.5 cm³/mol. The number of ether oxygens (including phenoxy) is 1. The van der Waals surface area contributed by atoms with E-state index in [1.807, 2.05) is 12.1 Å². The van der Waals surface area contributed by atoms with E-state index in [1.165, 1.54) is 12.8 Å². The molecule has 0 aromatic carbocycles. The monoisotopic (exact) mass is 192 g/mol. The van der Waals surface area contributed by atoms with Crippen LogP contribution in [0.15, 0.2) is 18.2 Å². The second kappa shape index (κ2) is 4.42. The number of methoxy groups -OCH3 is 1. The average Bonchev–Trinajstić information content (AvgIpc) is 2.71. The third kappa shape index (κ3) is 2.23. The van der Waals surface area contributed by atoms with Crippen molar-refractivity contribution in [1.82, 2.24) is 10.3 Å². The standard InChI is InChI=1S/C11H16N2O/c1-14-11-6-2-4-10(13-11)8-9-5-3-7-12-9/h2,4,6,9,12H,3,5,7-8H2,1H3. The SMILES string of the molecule is COc1cccc(CC2CCCN2)n1. The Morgan fingerprint density at radius 2 is 2.50 bits per heavy atom. The maximum atomic E-state index is 5.09. The molecule has 1 fully saturated rings. The summed E-state index contributed by atoms with van der Waals surface area (Å²) in [6, 6.07) is 6.54. The van der Waals surface area contributed by atoms with Gasteiger partial charge in [-0.25, -0.2) is 4.98 Å². The first-order valence-electron chi connectivity index (χ1n) is 5.12. The Balaban J connectivity index is 2.00. The van der Waals surface area contributed by atoms with E-state index >= 15 is 0 Å². The van der Waals surface area contributed by atoms with E-state index in [9.17, 15) is 0 Å². The number of rotatable bonds is 3. The number of hydrogen-bond acceptors (Lipinski definition) is 3. The first-order valence-corrected chi connectivity index (χ1v) is 5.12. The van der Waals surface area contributed by atoms with Crippen LogP contribution in [0.5, 0.6) is 5.88 Å². The van der Waals surface area contributed by atoms with Gasteiger partial charge in [-0.15, -0.1) is 0 Å². The zero-order chi connectivity index (χ0) is 9.80. The number of aromatic nitrogens is 1. The fourth-order valence-corrected chi connectivity index (χ4v) is 1.87. The van der Waals surface area contributed by atoms with Crippen LogP contribution in [0.3, 0.4) is 0 Å². The molecule has 1 aromatic heterocycles. The highest BCUT2D eigenvalue weighted by Gasteiger charge is 2.14. The highest BCUT2D eigenvalue weighted by molar-refractivity contribution is 5.16. The van der Waals surface area contributed by atoms with Crippen molar-refractivity contribution in [2.24, 2.45) is 0 Å². The van der Waals surface area contributed by atoms with Gasteiger partial charge in [0.05, 0.1) is 7.11 Å².